The van der Waals surface area contributed by atoms with Gasteiger partial charge >= 0.3 is 11.9 Å². The highest BCUT2D eigenvalue weighted by Crippen LogP contribution is 2.37. The molecule has 10 nitrogen and oxygen atoms in total. The molecule has 0 bridgehead atoms. The number of carboxylic acids is 2. The largest absolute Gasteiger partial charge is 0.502 e. The van der Waals surface area contributed by atoms with E-state index in [9.17, 15) is 9.90 Å². The first-order valence-electron chi connectivity index (χ1n) is 11.1. The third-order valence-corrected chi connectivity index (χ3v) is 5.81. The Morgan fingerprint density at radius 2 is 1.39 bits per heavy atom. The Morgan fingerprint density at radius 1 is 0.833 bits per heavy atom. The van der Waals surface area contributed by atoms with E-state index in [-0.39, 0.29) is 11.7 Å². The van der Waals surface area contributed by atoms with Gasteiger partial charge in [-0.25, -0.2) is 9.59 Å². The molecule has 0 unspecified atom stereocenters. The summed E-state index contributed by atoms with van der Waals surface area (Å²) < 4.78 is 10.5. The van der Waals surface area contributed by atoms with Gasteiger partial charge in [-0.3, -0.25) is 9.69 Å². The Bertz CT molecular complexity index is 1210. The summed E-state index contributed by atoms with van der Waals surface area (Å²) in [5.74, 6) is -2.76. The fraction of sp³-hybridized carbons (Fsp3) is 0.269. The predicted octanol–water partition coefficient (Wildman–Crippen LogP) is 2.68. The van der Waals surface area contributed by atoms with Crippen molar-refractivity contribution >= 4 is 28.6 Å². The number of hydrogen-bond acceptors (Lipinski definition) is 7. The van der Waals surface area contributed by atoms with Crippen LogP contribution in [0.1, 0.15) is 15.9 Å². The molecule has 1 aliphatic rings. The summed E-state index contributed by atoms with van der Waals surface area (Å²) in [6.45, 7) is 3.61. The van der Waals surface area contributed by atoms with Crippen LogP contribution in [0.25, 0.3) is 10.8 Å². The highest BCUT2D eigenvalue weighted by atomic mass is 16.5. The number of carbonyl (C=O) groups is 3. The van der Waals surface area contributed by atoms with Gasteiger partial charge in [0.2, 0.25) is 5.75 Å². The third kappa shape index (κ3) is 6.22. The number of ether oxygens (including phenoxy) is 2. The molecule has 36 heavy (non-hydrogen) atoms. The Balaban J connectivity index is 0.000000538. The summed E-state index contributed by atoms with van der Waals surface area (Å²) in [6.07, 6.45) is 0. The van der Waals surface area contributed by atoms with Crippen LogP contribution in [-0.4, -0.2) is 83.4 Å². The number of piperazine rings is 1. The molecular weight excluding hydrogens is 468 g/mol. The number of benzene rings is 3. The first-order valence-corrected chi connectivity index (χ1v) is 11.1. The predicted molar refractivity (Wildman–Crippen MR) is 132 cm³/mol. The van der Waals surface area contributed by atoms with Crippen LogP contribution in [0.15, 0.2) is 54.6 Å². The van der Waals surface area contributed by atoms with Gasteiger partial charge in [-0.1, -0.05) is 36.4 Å². The van der Waals surface area contributed by atoms with Gasteiger partial charge in [0.1, 0.15) is 0 Å². The lowest BCUT2D eigenvalue weighted by atomic mass is 10.0. The molecule has 4 rings (SSSR count). The molecule has 190 valence electrons. The van der Waals surface area contributed by atoms with Crippen LogP contribution < -0.4 is 9.47 Å². The zero-order valence-corrected chi connectivity index (χ0v) is 20.0. The molecule has 1 saturated heterocycles. The van der Waals surface area contributed by atoms with Crippen molar-refractivity contribution in [1.82, 2.24) is 9.80 Å². The zero-order valence-electron chi connectivity index (χ0n) is 20.0. The molecule has 3 N–H and O–H groups in total. The maximum atomic E-state index is 13.1. The number of fused-ring (bicyclic) bond motifs is 1. The number of nitrogens with zero attached hydrogens (tertiary/aromatic N) is 2. The minimum Gasteiger partial charge on any atom is -0.502 e. The SMILES string of the molecule is COc1cc(CN2CCN(C(=O)c3cccc4ccccc34)CC2)cc(OC)c1O.O=C(O)C(=O)O. The molecule has 0 radical (unpaired) electrons. The van der Waals surface area contributed by atoms with Gasteiger partial charge < -0.3 is 29.7 Å². The number of hydrogen-bond donors (Lipinski definition) is 3. The van der Waals surface area contributed by atoms with Crippen molar-refractivity contribution in [1.29, 1.82) is 0 Å². The number of rotatable bonds is 5. The molecule has 0 aliphatic carbocycles. The molecule has 0 saturated carbocycles. The molecule has 1 fully saturated rings. The van der Waals surface area contributed by atoms with Gasteiger partial charge in [0.15, 0.2) is 11.5 Å². The van der Waals surface area contributed by atoms with Crippen molar-refractivity contribution in [3.63, 3.8) is 0 Å². The fourth-order valence-electron chi connectivity index (χ4n) is 3.99. The Hall–Kier alpha value is -4.31. The maximum Gasteiger partial charge on any atom is 0.414 e. The van der Waals surface area contributed by atoms with Crippen LogP contribution in [0.3, 0.4) is 0 Å². The second kappa shape index (κ2) is 11.9. The van der Waals surface area contributed by atoms with Crippen LogP contribution in [0, 0.1) is 0 Å². The van der Waals surface area contributed by atoms with E-state index in [4.69, 9.17) is 29.3 Å². The number of methoxy groups -OCH3 is 2. The van der Waals surface area contributed by atoms with Gasteiger partial charge in [0.25, 0.3) is 5.91 Å². The van der Waals surface area contributed by atoms with E-state index in [0.29, 0.717) is 31.1 Å². The normalized spacial score (nSPS) is 13.4. The van der Waals surface area contributed by atoms with E-state index < -0.39 is 11.9 Å². The van der Waals surface area contributed by atoms with E-state index >= 15 is 0 Å². The summed E-state index contributed by atoms with van der Waals surface area (Å²) in [5.41, 5.74) is 1.75. The lowest BCUT2D eigenvalue weighted by Crippen LogP contribution is -2.48. The molecule has 3 aromatic carbocycles. The second-order valence-corrected chi connectivity index (χ2v) is 8.05. The Kier molecular flexibility index (Phi) is 8.69. The number of phenols is 1. The van der Waals surface area contributed by atoms with Crippen LogP contribution >= 0.6 is 0 Å². The molecule has 0 aromatic heterocycles. The van der Waals surface area contributed by atoms with Crippen molar-refractivity contribution in [2.24, 2.45) is 0 Å². The monoisotopic (exact) mass is 496 g/mol. The smallest absolute Gasteiger partial charge is 0.414 e. The molecule has 0 atom stereocenters. The van der Waals surface area contributed by atoms with Crippen molar-refractivity contribution < 1.29 is 39.2 Å². The third-order valence-electron chi connectivity index (χ3n) is 5.81. The van der Waals surface area contributed by atoms with Gasteiger partial charge in [0, 0.05) is 38.3 Å². The Labute approximate surface area is 207 Å². The molecule has 10 heteroatoms. The Morgan fingerprint density at radius 3 is 1.94 bits per heavy atom. The molecule has 0 spiro atoms. The van der Waals surface area contributed by atoms with E-state index in [0.717, 1.165) is 35.0 Å². The quantitative estimate of drug-likeness (QED) is 0.455. The summed E-state index contributed by atoms with van der Waals surface area (Å²) in [7, 11) is 3.05. The van der Waals surface area contributed by atoms with Gasteiger partial charge in [0.05, 0.1) is 14.2 Å². The topological polar surface area (TPSA) is 137 Å². The van der Waals surface area contributed by atoms with Gasteiger partial charge in [-0.05, 0) is 34.5 Å². The molecule has 1 aliphatic heterocycles. The van der Waals surface area contributed by atoms with Crippen LogP contribution in [0.2, 0.25) is 0 Å². The van der Waals surface area contributed by atoms with E-state index in [1.54, 1.807) is 0 Å². The highest BCUT2D eigenvalue weighted by molar-refractivity contribution is 6.27. The number of carboxylic acid groups (broad SMARTS) is 2. The highest BCUT2D eigenvalue weighted by Gasteiger charge is 2.24. The summed E-state index contributed by atoms with van der Waals surface area (Å²) in [4.78, 5) is 35.5. The number of amides is 1. The number of phenolic OH excluding ortho intramolecular Hbond substituents is 1. The minimum atomic E-state index is -1.82. The fourth-order valence-corrected chi connectivity index (χ4v) is 3.99. The second-order valence-electron chi connectivity index (χ2n) is 8.05. The maximum absolute atomic E-state index is 13.1. The van der Waals surface area contributed by atoms with Crippen LogP contribution in [-0.2, 0) is 16.1 Å². The standard InChI is InChI=1S/C24H26N2O4.C2H2O4/c1-29-21-14-17(15-22(30-2)23(21)27)16-25-10-12-26(13-11-25)24(28)20-9-5-7-18-6-3-4-8-19(18)20;3-1(4)2(5)6/h3-9,14-15,27H,10-13,16H2,1-2H3;(H,3,4)(H,5,6). The number of aromatic hydroxyl groups is 1. The van der Waals surface area contributed by atoms with E-state index in [1.807, 2.05) is 59.5 Å². The average Bonchev–Trinajstić information content (AvgIpc) is 2.89. The van der Waals surface area contributed by atoms with Crippen molar-refractivity contribution in [2.75, 3.05) is 40.4 Å². The number of carbonyl (C=O) groups excluding carboxylic acids is 1. The first kappa shape index (κ1) is 26.3. The summed E-state index contributed by atoms with van der Waals surface area (Å²) >= 11 is 0. The lowest BCUT2D eigenvalue weighted by Gasteiger charge is -2.35. The summed E-state index contributed by atoms with van der Waals surface area (Å²) in [6, 6.07) is 17.5. The minimum absolute atomic E-state index is 0.00857. The van der Waals surface area contributed by atoms with E-state index in [2.05, 4.69) is 4.90 Å². The van der Waals surface area contributed by atoms with Crippen molar-refractivity contribution in [3.8, 4) is 17.2 Å². The molecule has 1 heterocycles. The van der Waals surface area contributed by atoms with Crippen LogP contribution in [0.5, 0.6) is 17.2 Å². The molecule has 3 aromatic rings. The van der Waals surface area contributed by atoms with Crippen molar-refractivity contribution in [2.45, 2.75) is 6.54 Å². The lowest BCUT2D eigenvalue weighted by molar-refractivity contribution is -0.159. The van der Waals surface area contributed by atoms with Crippen LogP contribution in [0.4, 0.5) is 0 Å². The van der Waals surface area contributed by atoms with E-state index in [1.165, 1.54) is 14.2 Å². The molecular formula is C26H28N2O8. The zero-order chi connectivity index (χ0) is 26.2. The molecule has 1 amide bonds. The number of aliphatic carboxylic acids is 2. The average molecular weight is 497 g/mol. The summed E-state index contributed by atoms with van der Waals surface area (Å²) in [5, 5.41) is 26.9. The van der Waals surface area contributed by atoms with Gasteiger partial charge in [-0.15, -0.1) is 0 Å². The van der Waals surface area contributed by atoms with Crippen molar-refractivity contribution in [3.05, 3.63) is 65.7 Å². The first-order chi connectivity index (χ1) is 17.2. The van der Waals surface area contributed by atoms with Gasteiger partial charge in [-0.2, -0.15) is 0 Å².